The normalized spacial score (nSPS) is 11.1. The summed E-state index contributed by atoms with van der Waals surface area (Å²) in [6.45, 7) is 2.29. The Labute approximate surface area is 127 Å². The Morgan fingerprint density at radius 2 is 1.00 bits per heavy atom. The van der Waals surface area contributed by atoms with Crippen molar-refractivity contribution in [1.29, 1.82) is 0 Å². The summed E-state index contributed by atoms with van der Waals surface area (Å²) in [5, 5.41) is 0. The van der Waals surface area contributed by atoms with Crippen molar-refractivity contribution in [3.05, 3.63) is 0 Å². The average molecular weight is 298 g/mol. The summed E-state index contributed by atoms with van der Waals surface area (Å²) in [5.41, 5.74) is 0. The molecule has 0 atom stereocenters. The standard InChI is InChI=1S/C16H33OSi2/c1-2-3-4-5-6-7-8-9-10-11-12-13-14-15-16-19-17-18/h2-16H2,1H3. The van der Waals surface area contributed by atoms with Gasteiger partial charge in [-0.15, -0.1) is 0 Å². The Hall–Kier alpha value is 0.394. The van der Waals surface area contributed by atoms with Crippen LogP contribution in [0.3, 0.4) is 0 Å². The van der Waals surface area contributed by atoms with Gasteiger partial charge < -0.3 is 4.12 Å². The summed E-state index contributed by atoms with van der Waals surface area (Å²) in [7, 11) is 3.69. The van der Waals surface area contributed by atoms with Crippen LogP contribution in [0.4, 0.5) is 0 Å². The highest BCUT2D eigenvalue weighted by molar-refractivity contribution is 6.34. The summed E-state index contributed by atoms with van der Waals surface area (Å²) in [5.74, 6) is 0. The first-order valence-electron chi connectivity index (χ1n) is 8.47. The molecular formula is C16H33OSi2. The lowest BCUT2D eigenvalue weighted by molar-refractivity contribution is 0.537. The molecule has 0 aliphatic rings. The Morgan fingerprint density at radius 1 is 0.632 bits per heavy atom. The molecule has 0 amide bonds. The highest BCUT2D eigenvalue weighted by Crippen LogP contribution is 2.13. The van der Waals surface area contributed by atoms with Gasteiger partial charge in [-0.2, -0.15) is 0 Å². The van der Waals surface area contributed by atoms with Crippen LogP contribution in [-0.4, -0.2) is 20.2 Å². The van der Waals surface area contributed by atoms with Crippen molar-refractivity contribution in [3.63, 3.8) is 0 Å². The fraction of sp³-hybridized carbons (Fsp3) is 1.00. The van der Waals surface area contributed by atoms with E-state index in [0.29, 0.717) is 9.76 Å². The maximum atomic E-state index is 4.89. The second-order valence-electron chi connectivity index (χ2n) is 5.59. The Morgan fingerprint density at radius 3 is 1.37 bits per heavy atom. The molecule has 0 aliphatic heterocycles. The second-order valence-corrected chi connectivity index (χ2v) is 7.20. The van der Waals surface area contributed by atoms with E-state index in [0.717, 1.165) is 0 Å². The summed E-state index contributed by atoms with van der Waals surface area (Å²) in [4.78, 5) is 0. The van der Waals surface area contributed by atoms with Crippen LogP contribution in [-0.2, 0) is 4.12 Å². The minimum atomic E-state index is 0.640. The maximum Gasteiger partial charge on any atom is 0.229 e. The molecule has 3 heteroatoms. The van der Waals surface area contributed by atoms with Crippen molar-refractivity contribution < 1.29 is 4.12 Å². The van der Waals surface area contributed by atoms with Crippen molar-refractivity contribution in [2.45, 2.75) is 103 Å². The lowest BCUT2D eigenvalue weighted by atomic mass is 10.0. The molecular weight excluding hydrogens is 264 g/mol. The van der Waals surface area contributed by atoms with Crippen molar-refractivity contribution in [3.8, 4) is 0 Å². The van der Waals surface area contributed by atoms with Crippen molar-refractivity contribution in [1.82, 2.24) is 0 Å². The minimum Gasteiger partial charge on any atom is -0.458 e. The molecule has 0 unspecified atom stereocenters. The van der Waals surface area contributed by atoms with Gasteiger partial charge in [-0.1, -0.05) is 96.8 Å². The number of hydrogen-bond acceptors (Lipinski definition) is 1. The molecule has 0 saturated heterocycles. The summed E-state index contributed by atoms with van der Waals surface area (Å²) in [6.07, 6.45) is 20.1. The fourth-order valence-corrected chi connectivity index (χ4v) is 3.25. The van der Waals surface area contributed by atoms with Gasteiger partial charge in [-0.25, -0.2) is 0 Å². The van der Waals surface area contributed by atoms with Crippen LogP contribution in [0.2, 0.25) is 6.04 Å². The predicted octanol–water partition coefficient (Wildman–Crippen LogP) is 5.61. The van der Waals surface area contributed by atoms with E-state index in [4.69, 9.17) is 4.12 Å². The van der Waals surface area contributed by atoms with Crippen LogP contribution >= 0.6 is 0 Å². The number of unbranched alkanes of at least 4 members (excludes halogenated alkanes) is 13. The summed E-state index contributed by atoms with van der Waals surface area (Å²) >= 11 is 0. The summed E-state index contributed by atoms with van der Waals surface area (Å²) < 4.78 is 4.89. The van der Waals surface area contributed by atoms with Crippen LogP contribution in [0, 0.1) is 0 Å². The molecule has 111 valence electrons. The van der Waals surface area contributed by atoms with E-state index in [9.17, 15) is 0 Å². The average Bonchev–Trinajstić information content (AvgIpc) is 2.43. The Balaban J connectivity index is 2.88. The molecule has 0 aromatic rings. The number of rotatable bonds is 16. The molecule has 0 bridgehead atoms. The molecule has 0 aromatic carbocycles. The zero-order valence-electron chi connectivity index (χ0n) is 13.0. The minimum absolute atomic E-state index is 0.640. The molecule has 0 rings (SSSR count). The molecule has 0 N–H and O–H groups in total. The first kappa shape index (κ1) is 19.4. The van der Waals surface area contributed by atoms with Gasteiger partial charge in [0.1, 0.15) is 0 Å². The monoisotopic (exact) mass is 297 g/mol. The smallest absolute Gasteiger partial charge is 0.229 e. The predicted molar refractivity (Wildman–Crippen MR) is 87.7 cm³/mol. The van der Waals surface area contributed by atoms with Crippen molar-refractivity contribution in [2.24, 2.45) is 0 Å². The third-order valence-electron chi connectivity index (χ3n) is 3.70. The van der Waals surface area contributed by atoms with Crippen LogP contribution in [0.1, 0.15) is 96.8 Å². The molecule has 19 heavy (non-hydrogen) atoms. The van der Waals surface area contributed by atoms with E-state index in [1.165, 1.54) is 95.9 Å². The van der Waals surface area contributed by atoms with Gasteiger partial charge in [0.15, 0.2) is 0 Å². The van der Waals surface area contributed by atoms with Gasteiger partial charge in [0, 0.05) is 0 Å². The molecule has 0 aromatic heterocycles. The van der Waals surface area contributed by atoms with Gasteiger partial charge in [0.25, 0.3) is 0 Å². The topological polar surface area (TPSA) is 9.23 Å². The largest absolute Gasteiger partial charge is 0.458 e. The van der Waals surface area contributed by atoms with Crippen LogP contribution < -0.4 is 0 Å². The molecule has 0 aliphatic carbocycles. The molecule has 0 fully saturated rings. The van der Waals surface area contributed by atoms with Crippen LogP contribution in [0.15, 0.2) is 0 Å². The van der Waals surface area contributed by atoms with Crippen LogP contribution in [0.25, 0.3) is 0 Å². The first-order chi connectivity index (χ1) is 9.41. The van der Waals surface area contributed by atoms with E-state index in [2.05, 4.69) is 17.4 Å². The fourth-order valence-electron chi connectivity index (χ4n) is 2.44. The molecule has 0 saturated carbocycles. The highest BCUT2D eigenvalue weighted by Gasteiger charge is 1.94. The van der Waals surface area contributed by atoms with Gasteiger partial charge in [0.2, 0.25) is 20.2 Å². The molecule has 0 spiro atoms. The molecule has 5 radical (unpaired) electrons. The van der Waals surface area contributed by atoms with Crippen LogP contribution in [0.5, 0.6) is 0 Å². The second kappa shape index (κ2) is 18.4. The lowest BCUT2D eigenvalue weighted by Gasteiger charge is -2.03. The zero-order chi connectivity index (χ0) is 14.0. The van der Waals surface area contributed by atoms with Gasteiger partial charge in [-0.3, -0.25) is 0 Å². The highest BCUT2D eigenvalue weighted by atomic mass is 28.3. The first-order valence-corrected chi connectivity index (χ1v) is 9.99. The van der Waals surface area contributed by atoms with Gasteiger partial charge in [-0.05, 0) is 6.04 Å². The third kappa shape index (κ3) is 18.4. The maximum absolute atomic E-state index is 4.89. The van der Waals surface area contributed by atoms with Gasteiger partial charge in [0.05, 0.1) is 0 Å². The van der Waals surface area contributed by atoms with E-state index >= 15 is 0 Å². The Kier molecular flexibility index (Phi) is 18.8. The molecule has 0 heterocycles. The Bertz CT molecular complexity index is 138. The van der Waals surface area contributed by atoms with E-state index < -0.39 is 0 Å². The molecule has 1 nitrogen and oxygen atoms in total. The quantitative estimate of drug-likeness (QED) is 0.266. The van der Waals surface area contributed by atoms with E-state index in [1.54, 1.807) is 0 Å². The van der Waals surface area contributed by atoms with E-state index in [-0.39, 0.29) is 0 Å². The van der Waals surface area contributed by atoms with E-state index in [1.807, 2.05) is 0 Å². The lowest BCUT2D eigenvalue weighted by Crippen LogP contribution is -1.93. The zero-order valence-corrected chi connectivity index (χ0v) is 15.0. The number of hydrogen-bond donors (Lipinski definition) is 0. The van der Waals surface area contributed by atoms with Gasteiger partial charge >= 0.3 is 0 Å². The van der Waals surface area contributed by atoms with Crippen molar-refractivity contribution in [2.75, 3.05) is 0 Å². The SMILES string of the molecule is CCCCCCCCCCCCCCCC[Si]O[Si]. The third-order valence-corrected chi connectivity index (χ3v) is 4.84. The van der Waals surface area contributed by atoms with Crippen molar-refractivity contribution >= 4 is 20.2 Å². The summed E-state index contributed by atoms with van der Waals surface area (Å²) in [6, 6.07) is 1.22.